The number of anilines is 2. The average Bonchev–Trinajstić information content (AvgIpc) is 2.37. The topological polar surface area (TPSA) is 75.4 Å². The molecule has 0 aliphatic rings. The summed E-state index contributed by atoms with van der Waals surface area (Å²) in [4.78, 5) is 12.0. The molecular formula is C14H13BrN2O2. The van der Waals surface area contributed by atoms with Gasteiger partial charge in [0.1, 0.15) is 5.75 Å². The minimum atomic E-state index is -0.285. The van der Waals surface area contributed by atoms with Gasteiger partial charge in [-0.1, -0.05) is 6.07 Å². The van der Waals surface area contributed by atoms with Gasteiger partial charge in [-0.2, -0.15) is 0 Å². The average molecular weight is 321 g/mol. The van der Waals surface area contributed by atoms with E-state index in [9.17, 15) is 9.90 Å². The molecule has 0 bridgehead atoms. The maximum Gasteiger partial charge on any atom is 0.255 e. The van der Waals surface area contributed by atoms with Crippen molar-refractivity contribution in [3.8, 4) is 5.75 Å². The van der Waals surface area contributed by atoms with Gasteiger partial charge in [-0.05, 0) is 58.7 Å². The summed E-state index contributed by atoms with van der Waals surface area (Å²) < 4.78 is 0.719. The summed E-state index contributed by atoms with van der Waals surface area (Å²) in [6.07, 6.45) is 0. The molecule has 5 heteroatoms. The Labute approximate surface area is 119 Å². The number of amides is 1. The van der Waals surface area contributed by atoms with Crippen molar-refractivity contribution >= 4 is 33.2 Å². The molecule has 1 amide bonds. The number of hydrogen-bond acceptors (Lipinski definition) is 3. The molecule has 19 heavy (non-hydrogen) atoms. The third-order valence-electron chi connectivity index (χ3n) is 2.73. The lowest BCUT2D eigenvalue weighted by Gasteiger charge is -2.08. The van der Waals surface area contributed by atoms with Gasteiger partial charge in [-0.3, -0.25) is 4.79 Å². The second kappa shape index (κ2) is 5.32. The molecule has 2 rings (SSSR count). The van der Waals surface area contributed by atoms with Crippen LogP contribution in [0.2, 0.25) is 0 Å². The van der Waals surface area contributed by atoms with Gasteiger partial charge in [0.05, 0.1) is 0 Å². The minimum Gasteiger partial charge on any atom is -0.508 e. The van der Waals surface area contributed by atoms with E-state index >= 15 is 0 Å². The molecule has 2 aromatic carbocycles. The number of hydrogen-bond donors (Lipinski definition) is 3. The van der Waals surface area contributed by atoms with E-state index in [0.29, 0.717) is 16.9 Å². The molecule has 4 N–H and O–H groups in total. The Morgan fingerprint density at radius 3 is 2.63 bits per heavy atom. The third kappa shape index (κ3) is 3.06. The SMILES string of the molecule is Cc1ccc(C(=O)Nc2ccc(N)c(Br)c2)cc1O. The van der Waals surface area contributed by atoms with E-state index in [0.717, 1.165) is 10.0 Å². The Balaban J connectivity index is 2.20. The normalized spacial score (nSPS) is 10.2. The molecule has 0 spiro atoms. The molecule has 0 saturated heterocycles. The first-order valence-electron chi connectivity index (χ1n) is 5.63. The van der Waals surface area contributed by atoms with Crippen molar-refractivity contribution in [1.29, 1.82) is 0 Å². The van der Waals surface area contributed by atoms with Gasteiger partial charge in [0.2, 0.25) is 0 Å². The van der Waals surface area contributed by atoms with Crippen LogP contribution in [0, 0.1) is 6.92 Å². The molecule has 0 unspecified atom stereocenters. The number of aryl methyl sites for hydroxylation is 1. The molecule has 4 nitrogen and oxygen atoms in total. The maximum atomic E-state index is 12.0. The van der Waals surface area contributed by atoms with Crippen molar-refractivity contribution in [2.24, 2.45) is 0 Å². The van der Waals surface area contributed by atoms with Crippen LogP contribution < -0.4 is 11.1 Å². The van der Waals surface area contributed by atoms with Crippen LogP contribution in [0.15, 0.2) is 40.9 Å². The van der Waals surface area contributed by atoms with Crippen LogP contribution in [-0.2, 0) is 0 Å². The third-order valence-corrected chi connectivity index (χ3v) is 3.42. The number of carbonyl (C=O) groups excluding carboxylic acids is 1. The van der Waals surface area contributed by atoms with Crippen molar-refractivity contribution in [2.45, 2.75) is 6.92 Å². The van der Waals surface area contributed by atoms with E-state index in [2.05, 4.69) is 21.2 Å². The summed E-state index contributed by atoms with van der Waals surface area (Å²) in [7, 11) is 0. The standard InChI is InChI=1S/C14H13BrN2O2/c1-8-2-3-9(6-13(8)18)14(19)17-10-4-5-12(16)11(15)7-10/h2-7,18H,16H2,1H3,(H,17,19). The fraction of sp³-hybridized carbons (Fsp3) is 0.0714. The highest BCUT2D eigenvalue weighted by molar-refractivity contribution is 9.10. The number of nitrogen functional groups attached to an aromatic ring is 1. The van der Waals surface area contributed by atoms with Crippen molar-refractivity contribution in [2.75, 3.05) is 11.1 Å². The lowest BCUT2D eigenvalue weighted by atomic mass is 10.1. The molecule has 0 aliphatic heterocycles. The number of aromatic hydroxyl groups is 1. The number of carbonyl (C=O) groups is 1. The number of halogens is 1. The molecule has 0 aromatic heterocycles. The monoisotopic (exact) mass is 320 g/mol. The largest absolute Gasteiger partial charge is 0.508 e. The zero-order valence-electron chi connectivity index (χ0n) is 10.3. The summed E-state index contributed by atoms with van der Waals surface area (Å²) in [5, 5.41) is 12.3. The molecule has 0 saturated carbocycles. The van der Waals surface area contributed by atoms with Gasteiger partial charge in [0.15, 0.2) is 0 Å². The van der Waals surface area contributed by atoms with E-state index in [1.165, 1.54) is 6.07 Å². The van der Waals surface area contributed by atoms with Gasteiger partial charge >= 0.3 is 0 Å². The highest BCUT2D eigenvalue weighted by Gasteiger charge is 2.08. The van der Waals surface area contributed by atoms with Crippen LogP contribution in [0.4, 0.5) is 11.4 Å². The number of nitrogens with two attached hydrogens (primary N) is 1. The molecular weight excluding hydrogens is 308 g/mol. The summed E-state index contributed by atoms with van der Waals surface area (Å²) in [6.45, 7) is 1.77. The Morgan fingerprint density at radius 2 is 2.00 bits per heavy atom. The van der Waals surface area contributed by atoms with Gasteiger partial charge < -0.3 is 16.2 Å². The zero-order valence-corrected chi connectivity index (χ0v) is 11.9. The first-order valence-corrected chi connectivity index (χ1v) is 6.42. The van der Waals surface area contributed by atoms with Crippen LogP contribution >= 0.6 is 15.9 Å². The molecule has 2 aromatic rings. The Kier molecular flexibility index (Phi) is 3.76. The van der Waals surface area contributed by atoms with Crippen LogP contribution in [-0.4, -0.2) is 11.0 Å². The number of phenolic OH excluding ortho intramolecular Hbond substituents is 1. The quantitative estimate of drug-likeness (QED) is 0.743. The van der Waals surface area contributed by atoms with Crippen LogP contribution in [0.25, 0.3) is 0 Å². The Hall–Kier alpha value is -2.01. The zero-order chi connectivity index (χ0) is 14.0. The van der Waals surface area contributed by atoms with Gasteiger partial charge in [0.25, 0.3) is 5.91 Å². The van der Waals surface area contributed by atoms with Crippen molar-refractivity contribution in [3.63, 3.8) is 0 Å². The van der Waals surface area contributed by atoms with Crippen LogP contribution in [0.3, 0.4) is 0 Å². The number of phenols is 1. The van der Waals surface area contributed by atoms with E-state index in [1.54, 1.807) is 37.3 Å². The fourth-order valence-corrected chi connectivity index (χ4v) is 1.94. The molecule has 0 aliphatic carbocycles. The highest BCUT2D eigenvalue weighted by Crippen LogP contribution is 2.24. The molecule has 98 valence electrons. The number of rotatable bonds is 2. The second-order valence-corrected chi connectivity index (χ2v) is 5.05. The Morgan fingerprint density at radius 1 is 1.26 bits per heavy atom. The van der Waals surface area contributed by atoms with Gasteiger partial charge in [0, 0.05) is 21.4 Å². The number of nitrogens with one attached hydrogen (secondary N) is 1. The number of benzene rings is 2. The summed E-state index contributed by atoms with van der Waals surface area (Å²) >= 11 is 3.30. The summed E-state index contributed by atoms with van der Waals surface area (Å²) in [5.41, 5.74) is 8.04. The lowest BCUT2D eigenvalue weighted by Crippen LogP contribution is -2.11. The first kappa shape index (κ1) is 13.4. The van der Waals surface area contributed by atoms with Crippen molar-refractivity contribution < 1.29 is 9.90 Å². The summed E-state index contributed by atoms with van der Waals surface area (Å²) in [5.74, 6) is -0.182. The van der Waals surface area contributed by atoms with Crippen molar-refractivity contribution in [1.82, 2.24) is 0 Å². The highest BCUT2D eigenvalue weighted by atomic mass is 79.9. The lowest BCUT2D eigenvalue weighted by molar-refractivity contribution is 0.102. The van der Waals surface area contributed by atoms with Crippen LogP contribution in [0.5, 0.6) is 5.75 Å². The fourth-order valence-electron chi connectivity index (χ4n) is 1.56. The van der Waals surface area contributed by atoms with E-state index in [4.69, 9.17) is 5.73 Å². The first-order chi connectivity index (χ1) is 8.97. The van der Waals surface area contributed by atoms with Gasteiger partial charge in [-0.25, -0.2) is 0 Å². The molecule has 0 radical (unpaired) electrons. The maximum absolute atomic E-state index is 12.0. The molecule has 0 fully saturated rings. The van der Waals surface area contributed by atoms with E-state index in [1.807, 2.05) is 0 Å². The second-order valence-electron chi connectivity index (χ2n) is 4.19. The van der Waals surface area contributed by atoms with Crippen LogP contribution in [0.1, 0.15) is 15.9 Å². The summed E-state index contributed by atoms with van der Waals surface area (Å²) in [6, 6.07) is 9.94. The van der Waals surface area contributed by atoms with E-state index < -0.39 is 0 Å². The smallest absolute Gasteiger partial charge is 0.255 e. The predicted octanol–water partition coefficient (Wildman–Crippen LogP) is 3.30. The predicted molar refractivity (Wildman–Crippen MR) is 79.4 cm³/mol. The minimum absolute atomic E-state index is 0.103. The van der Waals surface area contributed by atoms with E-state index in [-0.39, 0.29) is 11.7 Å². The van der Waals surface area contributed by atoms with Gasteiger partial charge in [-0.15, -0.1) is 0 Å². The Bertz CT molecular complexity index is 641. The molecule has 0 heterocycles. The molecule has 0 atom stereocenters. The van der Waals surface area contributed by atoms with Crippen molar-refractivity contribution in [3.05, 3.63) is 52.0 Å².